The number of anilines is 2. The van der Waals surface area contributed by atoms with E-state index in [2.05, 4.69) is 15.5 Å². The van der Waals surface area contributed by atoms with Crippen molar-refractivity contribution in [2.75, 3.05) is 23.3 Å². The lowest BCUT2D eigenvalue weighted by molar-refractivity contribution is -0.00857. The first-order chi connectivity index (χ1) is 10.7. The number of piperidine rings is 1. The quantitative estimate of drug-likeness (QED) is 0.871. The van der Waals surface area contributed by atoms with Crippen LogP contribution in [0.25, 0.3) is 0 Å². The minimum absolute atomic E-state index is 0.388. The number of carbonyl (C=O) groups excluding carboxylic acids is 1. The number of carbonyl (C=O) groups is 1. The molecule has 2 aliphatic rings. The second-order valence-corrected chi connectivity index (χ2v) is 5.65. The van der Waals surface area contributed by atoms with Crippen LogP contribution in [0.2, 0.25) is 0 Å². The smallest absolute Gasteiger partial charge is 0.412 e. The van der Waals surface area contributed by atoms with E-state index in [0.717, 1.165) is 11.3 Å². The number of nitrogens with zero attached hydrogens (tertiary/aromatic N) is 3. The van der Waals surface area contributed by atoms with Gasteiger partial charge in [-0.15, -0.1) is 5.10 Å². The van der Waals surface area contributed by atoms with E-state index in [4.69, 9.17) is 9.15 Å². The lowest BCUT2D eigenvalue weighted by Gasteiger charge is -2.43. The number of para-hydroxylation sites is 1. The van der Waals surface area contributed by atoms with Gasteiger partial charge in [0.05, 0.1) is 5.69 Å². The Balaban J connectivity index is 1.61. The van der Waals surface area contributed by atoms with E-state index in [0.29, 0.717) is 37.8 Å². The van der Waals surface area contributed by atoms with Crippen molar-refractivity contribution < 1.29 is 13.9 Å². The van der Waals surface area contributed by atoms with Crippen LogP contribution >= 0.6 is 0 Å². The number of rotatable bonds is 1. The average Bonchev–Trinajstić information content (AvgIpc) is 2.94. The molecule has 114 valence electrons. The number of amides is 1. The van der Waals surface area contributed by atoms with Crippen molar-refractivity contribution in [2.24, 2.45) is 0 Å². The van der Waals surface area contributed by atoms with Crippen LogP contribution in [0.1, 0.15) is 24.3 Å². The fraction of sp³-hybridized carbons (Fsp3) is 0.400. The van der Waals surface area contributed by atoms with Crippen molar-refractivity contribution in [3.05, 3.63) is 35.7 Å². The summed E-state index contributed by atoms with van der Waals surface area (Å²) in [5.41, 5.74) is 1.31. The monoisotopic (exact) mass is 300 g/mol. The summed E-state index contributed by atoms with van der Waals surface area (Å²) in [5.74, 6) is 0.550. The fourth-order valence-corrected chi connectivity index (χ4v) is 3.20. The first-order valence-electron chi connectivity index (χ1n) is 7.31. The van der Waals surface area contributed by atoms with E-state index in [1.807, 2.05) is 29.2 Å². The van der Waals surface area contributed by atoms with E-state index in [1.54, 1.807) is 6.92 Å². The zero-order chi connectivity index (χ0) is 15.2. The van der Waals surface area contributed by atoms with Gasteiger partial charge in [-0.05, 0) is 6.07 Å². The van der Waals surface area contributed by atoms with E-state index in [9.17, 15) is 4.79 Å². The fourth-order valence-electron chi connectivity index (χ4n) is 3.20. The van der Waals surface area contributed by atoms with Crippen LogP contribution in [-0.4, -0.2) is 29.4 Å². The van der Waals surface area contributed by atoms with Gasteiger partial charge in [-0.1, -0.05) is 23.3 Å². The van der Waals surface area contributed by atoms with Crippen LogP contribution in [0.4, 0.5) is 16.5 Å². The maximum atomic E-state index is 11.9. The highest BCUT2D eigenvalue weighted by Crippen LogP contribution is 2.43. The largest absolute Gasteiger partial charge is 0.438 e. The van der Waals surface area contributed by atoms with E-state index < -0.39 is 5.60 Å². The summed E-state index contributed by atoms with van der Waals surface area (Å²) < 4.78 is 11.2. The molecule has 7 heteroatoms. The van der Waals surface area contributed by atoms with E-state index >= 15 is 0 Å². The zero-order valence-corrected chi connectivity index (χ0v) is 12.2. The molecule has 1 amide bonds. The second kappa shape index (κ2) is 4.72. The van der Waals surface area contributed by atoms with Crippen LogP contribution in [-0.2, 0) is 10.3 Å². The van der Waals surface area contributed by atoms with Gasteiger partial charge in [0.2, 0.25) is 5.89 Å². The van der Waals surface area contributed by atoms with Crippen molar-refractivity contribution in [3.8, 4) is 0 Å². The Bertz CT molecular complexity index is 719. The molecule has 1 fully saturated rings. The standard InChI is InChI=1S/C15H16N4O3/c1-10-17-18-13(21-10)19-8-6-15(7-9-19)11-4-2-3-5-12(11)16-14(20)22-15/h2-5H,6-9H2,1H3,(H,16,20). The molecule has 1 aromatic carbocycles. The van der Waals surface area contributed by atoms with Crippen molar-refractivity contribution in [1.29, 1.82) is 0 Å². The molecule has 0 bridgehead atoms. The number of benzene rings is 1. The SMILES string of the molecule is Cc1nnc(N2CCC3(CC2)OC(=O)Nc2ccccc23)o1. The highest BCUT2D eigenvalue weighted by Gasteiger charge is 2.44. The Labute approximate surface area is 127 Å². The van der Waals surface area contributed by atoms with Gasteiger partial charge in [0, 0.05) is 38.4 Å². The molecular weight excluding hydrogens is 284 g/mol. The zero-order valence-electron chi connectivity index (χ0n) is 12.2. The van der Waals surface area contributed by atoms with E-state index in [1.165, 1.54) is 0 Å². The normalized spacial score (nSPS) is 19.5. The number of nitrogens with one attached hydrogen (secondary N) is 1. The number of aromatic nitrogens is 2. The molecule has 7 nitrogen and oxygen atoms in total. The summed E-state index contributed by atoms with van der Waals surface area (Å²) in [5, 5.41) is 10.7. The highest BCUT2D eigenvalue weighted by molar-refractivity contribution is 5.88. The van der Waals surface area contributed by atoms with Crippen LogP contribution in [0.15, 0.2) is 28.7 Å². The molecule has 2 aromatic rings. The molecule has 0 unspecified atom stereocenters. The molecule has 2 aliphatic heterocycles. The van der Waals surface area contributed by atoms with Crippen LogP contribution in [0.5, 0.6) is 0 Å². The Hall–Kier alpha value is -2.57. The number of fused-ring (bicyclic) bond motifs is 2. The summed E-state index contributed by atoms with van der Waals surface area (Å²) >= 11 is 0. The molecular formula is C15H16N4O3. The summed E-state index contributed by atoms with van der Waals surface area (Å²) in [7, 11) is 0. The molecule has 22 heavy (non-hydrogen) atoms. The van der Waals surface area contributed by atoms with Crippen LogP contribution in [0, 0.1) is 6.92 Å². The second-order valence-electron chi connectivity index (χ2n) is 5.65. The lowest BCUT2D eigenvalue weighted by atomic mass is 9.82. The number of hydrogen-bond acceptors (Lipinski definition) is 6. The van der Waals surface area contributed by atoms with Crippen molar-refractivity contribution in [2.45, 2.75) is 25.4 Å². The van der Waals surface area contributed by atoms with Gasteiger partial charge in [0.1, 0.15) is 5.60 Å². The van der Waals surface area contributed by atoms with Crippen LogP contribution in [0.3, 0.4) is 0 Å². The minimum Gasteiger partial charge on any atom is -0.438 e. The third-order valence-electron chi connectivity index (χ3n) is 4.30. The summed E-state index contributed by atoms with van der Waals surface area (Å²) in [6.07, 6.45) is 0.998. The summed E-state index contributed by atoms with van der Waals surface area (Å²) in [6.45, 7) is 3.17. The number of aryl methyl sites for hydroxylation is 1. The van der Waals surface area contributed by atoms with Gasteiger partial charge in [0.15, 0.2) is 0 Å². The van der Waals surface area contributed by atoms with E-state index in [-0.39, 0.29) is 6.09 Å². The Morgan fingerprint density at radius 2 is 2.00 bits per heavy atom. The van der Waals surface area contributed by atoms with Gasteiger partial charge < -0.3 is 14.1 Å². The Morgan fingerprint density at radius 1 is 1.23 bits per heavy atom. The Morgan fingerprint density at radius 3 is 2.73 bits per heavy atom. The number of hydrogen-bond donors (Lipinski definition) is 1. The molecule has 1 saturated heterocycles. The van der Waals surface area contributed by atoms with Gasteiger partial charge in [-0.25, -0.2) is 4.79 Å². The predicted molar refractivity (Wildman–Crippen MR) is 78.7 cm³/mol. The van der Waals surface area contributed by atoms with Crippen LogP contribution < -0.4 is 10.2 Å². The molecule has 1 spiro atoms. The topological polar surface area (TPSA) is 80.5 Å². The molecule has 0 aliphatic carbocycles. The maximum absolute atomic E-state index is 11.9. The molecule has 0 atom stereocenters. The summed E-state index contributed by atoms with van der Waals surface area (Å²) in [6, 6.07) is 8.33. The third kappa shape index (κ3) is 2.01. The molecule has 1 N–H and O–H groups in total. The Kier molecular flexibility index (Phi) is 2.82. The van der Waals surface area contributed by atoms with Crippen molar-refractivity contribution >= 4 is 17.8 Å². The van der Waals surface area contributed by atoms with Crippen molar-refractivity contribution in [3.63, 3.8) is 0 Å². The van der Waals surface area contributed by atoms with Gasteiger partial charge in [0.25, 0.3) is 0 Å². The van der Waals surface area contributed by atoms with Crippen molar-refractivity contribution in [1.82, 2.24) is 10.2 Å². The van der Waals surface area contributed by atoms with Gasteiger partial charge in [-0.3, -0.25) is 5.32 Å². The first kappa shape index (κ1) is 13.1. The third-order valence-corrected chi connectivity index (χ3v) is 4.30. The lowest BCUT2D eigenvalue weighted by Crippen LogP contribution is -2.48. The van der Waals surface area contributed by atoms with Gasteiger partial charge >= 0.3 is 12.1 Å². The molecule has 1 aromatic heterocycles. The first-order valence-corrected chi connectivity index (χ1v) is 7.31. The molecule has 3 heterocycles. The summed E-state index contributed by atoms with van der Waals surface area (Å²) in [4.78, 5) is 13.9. The average molecular weight is 300 g/mol. The molecule has 0 radical (unpaired) electrons. The number of ether oxygens (including phenoxy) is 1. The van der Waals surface area contributed by atoms with Gasteiger partial charge in [-0.2, -0.15) is 0 Å². The minimum atomic E-state index is -0.565. The molecule has 4 rings (SSSR count). The highest BCUT2D eigenvalue weighted by atomic mass is 16.6. The maximum Gasteiger partial charge on any atom is 0.412 e. The molecule has 0 saturated carbocycles. The predicted octanol–water partition coefficient (Wildman–Crippen LogP) is 2.44.